The molecular weight excluding hydrogens is 432 g/mol. The van der Waals surface area contributed by atoms with Crippen molar-refractivity contribution in [3.05, 3.63) is 95.7 Å². The van der Waals surface area contributed by atoms with Gasteiger partial charge < -0.3 is 15.9 Å². The van der Waals surface area contributed by atoms with Crippen molar-refractivity contribution in [2.75, 3.05) is 5.73 Å². The molecule has 4 aromatic rings. The van der Waals surface area contributed by atoms with Crippen LogP contribution in [0.2, 0.25) is 0 Å². The molecular formula is C23H20N2O6S. The van der Waals surface area contributed by atoms with Crippen LogP contribution in [-0.2, 0) is 10.0 Å². The summed E-state index contributed by atoms with van der Waals surface area (Å²) in [7, 11) is -3.58. The van der Waals surface area contributed by atoms with Crippen molar-refractivity contribution < 1.29 is 28.2 Å². The van der Waals surface area contributed by atoms with Gasteiger partial charge in [-0.05, 0) is 55.0 Å². The number of benzene rings is 3. The normalized spacial score (nSPS) is 10.9. The maximum atomic E-state index is 12.5. The van der Waals surface area contributed by atoms with Crippen LogP contribution in [0.25, 0.3) is 10.9 Å². The molecule has 164 valence electrons. The summed E-state index contributed by atoms with van der Waals surface area (Å²) >= 11 is 0. The Morgan fingerprint density at radius 1 is 0.812 bits per heavy atom. The van der Waals surface area contributed by atoms with Gasteiger partial charge in [0.2, 0.25) is 0 Å². The lowest BCUT2D eigenvalue weighted by Crippen LogP contribution is -2.11. The Hall–Kier alpha value is -4.11. The number of aromatic nitrogens is 1. The number of carboxylic acid groups (broad SMARTS) is 2. The Morgan fingerprint density at radius 2 is 1.38 bits per heavy atom. The number of carboxylic acids is 2. The molecule has 0 aliphatic carbocycles. The molecule has 1 aromatic heterocycles. The van der Waals surface area contributed by atoms with E-state index in [2.05, 4.69) is 0 Å². The monoisotopic (exact) mass is 452 g/mol. The second-order valence-corrected chi connectivity index (χ2v) is 8.61. The van der Waals surface area contributed by atoms with Crippen LogP contribution in [0.1, 0.15) is 26.3 Å². The van der Waals surface area contributed by atoms with Gasteiger partial charge in [-0.3, -0.25) is 0 Å². The average Bonchev–Trinajstić information content (AvgIpc) is 3.21. The van der Waals surface area contributed by atoms with Crippen LogP contribution in [0, 0.1) is 6.92 Å². The molecule has 32 heavy (non-hydrogen) atoms. The van der Waals surface area contributed by atoms with Gasteiger partial charge in [0.15, 0.2) is 0 Å². The van der Waals surface area contributed by atoms with Gasteiger partial charge in [-0.1, -0.05) is 30.3 Å². The van der Waals surface area contributed by atoms with Crippen molar-refractivity contribution in [3.63, 3.8) is 0 Å². The Kier molecular flexibility index (Phi) is 6.31. The predicted octanol–water partition coefficient (Wildman–Crippen LogP) is 3.85. The third-order valence-corrected chi connectivity index (χ3v) is 6.53. The number of nitrogen functional groups attached to an aromatic ring is 1. The van der Waals surface area contributed by atoms with Crippen molar-refractivity contribution in [2.24, 2.45) is 0 Å². The van der Waals surface area contributed by atoms with Crippen molar-refractivity contribution >= 4 is 38.6 Å². The molecule has 0 saturated heterocycles. The Labute approximate surface area is 184 Å². The van der Waals surface area contributed by atoms with Gasteiger partial charge in [-0.2, -0.15) is 0 Å². The van der Waals surface area contributed by atoms with Crippen LogP contribution >= 0.6 is 0 Å². The maximum absolute atomic E-state index is 12.5. The lowest BCUT2D eigenvalue weighted by atomic mass is 10.0. The van der Waals surface area contributed by atoms with E-state index < -0.39 is 22.0 Å². The summed E-state index contributed by atoms with van der Waals surface area (Å²) in [6.45, 7) is 1.48. The number of carbonyl (C=O) groups is 2. The molecule has 4 rings (SSSR count). The van der Waals surface area contributed by atoms with E-state index in [1.165, 1.54) is 35.3 Å². The highest BCUT2D eigenvalue weighted by molar-refractivity contribution is 7.90. The van der Waals surface area contributed by atoms with Crippen LogP contribution < -0.4 is 5.73 Å². The summed E-state index contributed by atoms with van der Waals surface area (Å²) < 4.78 is 26.3. The predicted molar refractivity (Wildman–Crippen MR) is 120 cm³/mol. The smallest absolute Gasteiger partial charge is 0.335 e. The van der Waals surface area contributed by atoms with E-state index >= 15 is 0 Å². The highest BCUT2D eigenvalue weighted by Crippen LogP contribution is 2.25. The molecule has 0 aliphatic rings. The van der Waals surface area contributed by atoms with Gasteiger partial charge in [0, 0.05) is 17.3 Å². The van der Waals surface area contributed by atoms with Gasteiger partial charge >= 0.3 is 11.9 Å². The molecule has 1 heterocycles. The van der Waals surface area contributed by atoms with Gasteiger partial charge in [0.25, 0.3) is 10.0 Å². The number of rotatable bonds is 4. The molecule has 3 aromatic carbocycles. The third kappa shape index (κ3) is 4.33. The number of aromatic carboxylic acids is 2. The Balaban J connectivity index is 0.000000195. The second-order valence-electron chi connectivity index (χ2n) is 6.80. The molecule has 8 nitrogen and oxygen atoms in total. The van der Waals surface area contributed by atoms with Gasteiger partial charge in [0.1, 0.15) is 0 Å². The highest BCUT2D eigenvalue weighted by atomic mass is 32.2. The van der Waals surface area contributed by atoms with E-state index in [1.54, 1.807) is 54.6 Å². The summed E-state index contributed by atoms with van der Waals surface area (Å²) in [5.41, 5.74) is 7.33. The van der Waals surface area contributed by atoms with E-state index in [0.717, 1.165) is 5.39 Å². The highest BCUT2D eigenvalue weighted by Gasteiger charge is 2.18. The fourth-order valence-corrected chi connectivity index (χ4v) is 4.55. The van der Waals surface area contributed by atoms with Crippen LogP contribution in [0.3, 0.4) is 0 Å². The molecule has 0 bridgehead atoms. The lowest BCUT2D eigenvalue weighted by molar-refractivity contribution is 0.0696. The molecule has 0 unspecified atom stereocenters. The number of hydrogen-bond acceptors (Lipinski definition) is 5. The summed E-state index contributed by atoms with van der Waals surface area (Å²) in [6, 6.07) is 19.5. The Bertz CT molecular complexity index is 1380. The van der Waals surface area contributed by atoms with E-state index in [1.807, 2.05) is 0 Å². The Morgan fingerprint density at radius 3 is 1.94 bits per heavy atom. The topological polar surface area (TPSA) is 140 Å². The number of hydrogen-bond donors (Lipinski definition) is 3. The average molecular weight is 452 g/mol. The largest absolute Gasteiger partial charge is 0.478 e. The maximum Gasteiger partial charge on any atom is 0.335 e. The molecule has 0 saturated carbocycles. The summed E-state index contributed by atoms with van der Waals surface area (Å²) in [5, 5.41) is 18.1. The summed E-state index contributed by atoms with van der Waals surface area (Å²) in [6.07, 6.45) is 1.53. The van der Waals surface area contributed by atoms with Gasteiger partial charge in [0.05, 0.1) is 21.5 Å². The lowest BCUT2D eigenvalue weighted by Gasteiger charge is -2.07. The number of fused-ring (bicyclic) bond motifs is 1. The second kappa shape index (κ2) is 8.94. The molecule has 0 radical (unpaired) electrons. The van der Waals surface area contributed by atoms with E-state index in [-0.39, 0.29) is 21.6 Å². The van der Waals surface area contributed by atoms with Gasteiger partial charge in [-0.15, -0.1) is 0 Å². The first kappa shape index (κ1) is 22.6. The van der Waals surface area contributed by atoms with Crippen molar-refractivity contribution in [2.45, 2.75) is 11.8 Å². The molecule has 0 spiro atoms. The minimum Gasteiger partial charge on any atom is -0.478 e. The zero-order valence-electron chi connectivity index (χ0n) is 17.0. The molecule has 0 atom stereocenters. The summed E-state index contributed by atoms with van der Waals surface area (Å²) in [4.78, 5) is 21.5. The number of anilines is 1. The van der Waals surface area contributed by atoms with Crippen LogP contribution in [-0.4, -0.2) is 34.5 Å². The van der Waals surface area contributed by atoms with E-state index in [0.29, 0.717) is 11.2 Å². The zero-order chi connectivity index (χ0) is 23.5. The molecule has 4 N–H and O–H groups in total. The van der Waals surface area contributed by atoms with Crippen molar-refractivity contribution in [1.29, 1.82) is 0 Å². The summed E-state index contributed by atoms with van der Waals surface area (Å²) in [5.74, 6) is -2.22. The molecule has 0 amide bonds. The standard InChI is InChI=1S/C14H12N2O2S.C9H8O4/c15-13-7-4-8-14-12(13)9-10-16(14)19(17,18)11-5-2-1-3-6-11;1-5-6(8(10)11)3-2-4-7(5)9(12)13/h1-10H,15H2;2-4H,1H3,(H,10,11)(H,12,13). The van der Waals surface area contributed by atoms with Crippen molar-refractivity contribution in [1.82, 2.24) is 3.97 Å². The van der Waals surface area contributed by atoms with Crippen LogP contribution in [0.5, 0.6) is 0 Å². The SMILES string of the molecule is Cc1c(C(=O)O)cccc1C(=O)O.Nc1cccc2c1ccn2S(=O)(=O)c1ccccc1. The van der Waals surface area contributed by atoms with E-state index in [9.17, 15) is 18.0 Å². The quantitative estimate of drug-likeness (QED) is 0.400. The third-order valence-electron chi connectivity index (χ3n) is 4.83. The van der Waals surface area contributed by atoms with Crippen LogP contribution in [0.15, 0.2) is 83.9 Å². The number of nitrogens with two attached hydrogens (primary N) is 1. The zero-order valence-corrected chi connectivity index (χ0v) is 17.8. The van der Waals surface area contributed by atoms with E-state index in [4.69, 9.17) is 15.9 Å². The molecule has 9 heteroatoms. The minimum absolute atomic E-state index is 0.0277. The van der Waals surface area contributed by atoms with Crippen LogP contribution in [0.4, 0.5) is 5.69 Å². The molecule has 0 fully saturated rings. The van der Waals surface area contributed by atoms with Gasteiger partial charge in [-0.25, -0.2) is 22.0 Å². The number of nitrogens with zero attached hydrogens (tertiary/aromatic N) is 1. The minimum atomic E-state index is -3.58. The fourth-order valence-electron chi connectivity index (χ4n) is 3.18. The first-order valence-electron chi connectivity index (χ1n) is 9.37. The fraction of sp³-hybridized carbons (Fsp3) is 0.0435. The van der Waals surface area contributed by atoms with Crippen molar-refractivity contribution in [3.8, 4) is 0 Å². The first-order valence-corrected chi connectivity index (χ1v) is 10.8. The first-order chi connectivity index (χ1) is 15.1. The molecule has 0 aliphatic heterocycles.